The molecule has 0 atom stereocenters. The van der Waals surface area contributed by atoms with Crippen molar-refractivity contribution in [1.82, 2.24) is 9.55 Å². The summed E-state index contributed by atoms with van der Waals surface area (Å²) in [6, 6.07) is 25.5. The maximum absolute atomic E-state index is 5.99. The monoisotopic (exact) mass is 412 g/mol. The summed E-state index contributed by atoms with van der Waals surface area (Å²) in [5, 5.41) is 0. The molecule has 0 bridgehead atoms. The molecule has 0 aliphatic rings. The van der Waals surface area contributed by atoms with E-state index < -0.39 is 0 Å². The predicted molar refractivity (Wildman–Crippen MR) is 130 cm³/mol. The van der Waals surface area contributed by atoms with Crippen LogP contribution in [0.5, 0.6) is 5.75 Å². The van der Waals surface area contributed by atoms with Crippen molar-refractivity contribution in [1.29, 1.82) is 0 Å². The largest absolute Gasteiger partial charge is 0.494 e. The van der Waals surface area contributed by atoms with Gasteiger partial charge in [0.15, 0.2) is 0 Å². The highest BCUT2D eigenvalue weighted by Crippen LogP contribution is 2.27. The van der Waals surface area contributed by atoms with Crippen molar-refractivity contribution in [3.05, 3.63) is 83.9 Å². The molecular formula is C28H32N2O. The van der Waals surface area contributed by atoms with Crippen LogP contribution in [0, 0.1) is 6.92 Å². The summed E-state index contributed by atoms with van der Waals surface area (Å²) < 4.78 is 8.34. The highest BCUT2D eigenvalue weighted by molar-refractivity contribution is 5.80. The maximum atomic E-state index is 5.99. The molecule has 4 aromatic rings. The van der Waals surface area contributed by atoms with Crippen LogP contribution in [0.3, 0.4) is 0 Å². The van der Waals surface area contributed by atoms with Crippen molar-refractivity contribution in [3.63, 3.8) is 0 Å². The summed E-state index contributed by atoms with van der Waals surface area (Å²) in [4.78, 5) is 4.93. The number of hydrogen-bond acceptors (Lipinski definition) is 2. The van der Waals surface area contributed by atoms with Gasteiger partial charge in [0.1, 0.15) is 11.6 Å². The topological polar surface area (TPSA) is 27.1 Å². The van der Waals surface area contributed by atoms with Gasteiger partial charge in [-0.3, -0.25) is 0 Å². The van der Waals surface area contributed by atoms with Crippen LogP contribution in [0.15, 0.2) is 72.8 Å². The fourth-order valence-electron chi connectivity index (χ4n) is 3.92. The molecule has 0 aliphatic carbocycles. The van der Waals surface area contributed by atoms with Crippen LogP contribution >= 0.6 is 0 Å². The lowest BCUT2D eigenvalue weighted by Crippen LogP contribution is -2.10. The average Bonchev–Trinajstić information content (AvgIpc) is 3.12. The highest BCUT2D eigenvalue weighted by Gasteiger charge is 2.14. The Kier molecular flexibility index (Phi) is 6.13. The van der Waals surface area contributed by atoms with Crippen LogP contribution in [0.1, 0.15) is 44.7 Å². The van der Waals surface area contributed by atoms with Gasteiger partial charge in [0.25, 0.3) is 0 Å². The standard InChI is InChI=1S/C28H32N2O/c1-21-10-9-11-22(20-21)27-29-25-12-5-6-13-26(25)30(27)18-7-8-19-31-24-16-14-23(15-17-24)28(2,3)4/h5-6,9-17,20H,7-8,18-19H2,1-4H3. The first-order valence-corrected chi connectivity index (χ1v) is 11.2. The number of imidazole rings is 1. The van der Waals surface area contributed by atoms with E-state index in [1.54, 1.807) is 0 Å². The van der Waals surface area contributed by atoms with Gasteiger partial charge in [0.05, 0.1) is 17.6 Å². The molecular weight excluding hydrogens is 380 g/mol. The third kappa shape index (κ3) is 4.99. The fourth-order valence-corrected chi connectivity index (χ4v) is 3.92. The van der Waals surface area contributed by atoms with Crippen LogP contribution in [0.2, 0.25) is 0 Å². The molecule has 0 N–H and O–H groups in total. The molecule has 0 aliphatic heterocycles. The number of hydrogen-bond donors (Lipinski definition) is 0. The van der Waals surface area contributed by atoms with Crippen LogP contribution < -0.4 is 4.74 Å². The van der Waals surface area contributed by atoms with Crippen LogP contribution in [-0.4, -0.2) is 16.2 Å². The van der Waals surface area contributed by atoms with Gasteiger partial charge in [-0.15, -0.1) is 0 Å². The zero-order valence-electron chi connectivity index (χ0n) is 19.1. The highest BCUT2D eigenvalue weighted by atomic mass is 16.5. The third-order valence-corrected chi connectivity index (χ3v) is 5.70. The molecule has 1 aromatic heterocycles. The molecule has 1 heterocycles. The Morgan fingerprint density at radius 2 is 1.65 bits per heavy atom. The molecule has 3 nitrogen and oxygen atoms in total. The van der Waals surface area contributed by atoms with E-state index in [1.807, 2.05) is 0 Å². The summed E-state index contributed by atoms with van der Waals surface area (Å²) in [6.45, 7) is 10.5. The minimum atomic E-state index is 0.168. The molecule has 4 rings (SSSR count). The first kappa shape index (κ1) is 21.2. The third-order valence-electron chi connectivity index (χ3n) is 5.70. The molecule has 0 radical (unpaired) electrons. The number of ether oxygens (including phenoxy) is 1. The lowest BCUT2D eigenvalue weighted by Gasteiger charge is -2.19. The SMILES string of the molecule is Cc1cccc(-c2nc3ccccc3n2CCCCOc2ccc(C(C)(C)C)cc2)c1. The van der Waals surface area contributed by atoms with E-state index in [0.29, 0.717) is 0 Å². The average molecular weight is 413 g/mol. The molecule has 0 unspecified atom stereocenters. The Hall–Kier alpha value is -3.07. The zero-order valence-corrected chi connectivity index (χ0v) is 19.1. The summed E-state index contributed by atoms with van der Waals surface area (Å²) in [7, 11) is 0. The second kappa shape index (κ2) is 8.97. The molecule has 3 aromatic carbocycles. The van der Waals surface area contributed by atoms with E-state index in [0.717, 1.165) is 43.1 Å². The van der Waals surface area contributed by atoms with Crippen LogP contribution in [0.4, 0.5) is 0 Å². The lowest BCUT2D eigenvalue weighted by molar-refractivity contribution is 0.303. The number of fused-ring (bicyclic) bond motifs is 1. The van der Waals surface area contributed by atoms with E-state index in [4.69, 9.17) is 9.72 Å². The number of nitrogens with zero attached hydrogens (tertiary/aromatic N) is 2. The van der Waals surface area contributed by atoms with Gasteiger partial charge >= 0.3 is 0 Å². The fraction of sp³-hybridized carbons (Fsp3) is 0.321. The summed E-state index contributed by atoms with van der Waals surface area (Å²) in [5.41, 5.74) is 6.16. The van der Waals surface area contributed by atoms with Gasteiger partial charge in [0.2, 0.25) is 0 Å². The summed E-state index contributed by atoms with van der Waals surface area (Å²) >= 11 is 0. The van der Waals surface area contributed by atoms with Crippen molar-refractivity contribution < 1.29 is 4.74 Å². The number of aryl methyl sites for hydroxylation is 2. The predicted octanol–water partition coefficient (Wildman–Crippen LogP) is 7.17. The Morgan fingerprint density at radius 3 is 2.39 bits per heavy atom. The Labute approximate surface area is 185 Å². The quantitative estimate of drug-likeness (QED) is 0.301. The second-order valence-corrected chi connectivity index (χ2v) is 9.28. The smallest absolute Gasteiger partial charge is 0.141 e. The van der Waals surface area contributed by atoms with E-state index in [-0.39, 0.29) is 5.41 Å². The second-order valence-electron chi connectivity index (χ2n) is 9.28. The molecule has 0 saturated heterocycles. The first-order chi connectivity index (χ1) is 14.9. The first-order valence-electron chi connectivity index (χ1n) is 11.2. The van der Waals surface area contributed by atoms with Gasteiger partial charge in [-0.05, 0) is 61.1 Å². The van der Waals surface area contributed by atoms with Crippen molar-refractivity contribution in [2.24, 2.45) is 0 Å². The maximum Gasteiger partial charge on any atom is 0.141 e. The van der Waals surface area contributed by atoms with E-state index in [2.05, 4.69) is 105 Å². The van der Waals surface area contributed by atoms with E-state index in [1.165, 1.54) is 22.2 Å². The molecule has 0 spiro atoms. The lowest BCUT2D eigenvalue weighted by atomic mass is 9.87. The Balaban J connectivity index is 1.41. The van der Waals surface area contributed by atoms with Gasteiger partial charge < -0.3 is 9.30 Å². The molecule has 0 amide bonds. The van der Waals surface area contributed by atoms with Crippen molar-refractivity contribution in [2.45, 2.75) is 52.5 Å². The molecule has 0 saturated carbocycles. The summed E-state index contributed by atoms with van der Waals surface area (Å²) in [5.74, 6) is 1.99. The van der Waals surface area contributed by atoms with Gasteiger partial charge in [-0.2, -0.15) is 0 Å². The minimum Gasteiger partial charge on any atom is -0.494 e. The van der Waals surface area contributed by atoms with Crippen LogP contribution in [0.25, 0.3) is 22.4 Å². The zero-order chi connectivity index (χ0) is 21.8. The Bertz CT molecular complexity index is 1150. The van der Waals surface area contributed by atoms with Gasteiger partial charge in [-0.25, -0.2) is 4.98 Å². The number of unbranched alkanes of at least 4 members (excludes halogenated alkanes) is 1. The van der Waals surface area contributed by atoms with Gasteiger partial charge in [-0.1, -0.05) is 68.8 Å². The molecule has 160 valence electrons. The summed E-state index contributed by atoms with van der Waals surface area (Å²) in [6.07, 6.45) is 2.04. The molecule has 31 heavy (non-hydrogen) atoms. The molecule has 3 heteroatoms. The van der Waals surface area contributed by atoms with E-state index in [9.17, 15) is 0 Å². The normalized spacial score (nSPS) is 11.7. The van der Waals surface area contributed by atoms with Crippen molar-refractivity contribution >= 4 is 11.0 Å². The number of para-hydroxylation sites is 2. The van der Waals surface area contributed by atoms with Crippen LogP contribution in [-0.2, 0) is 12.0 Å². The number of aromatic nitrogens is 2. The van der Waals surface area contributed by atoms with Crippen molar-refractivity contribution in [3.8, 4) is 17.1 Å². The van der Waals surface area contributed by atoms with Gasteiger partial charge in [0, 0.05) is 12.1 Å². The number of benzene rings is 3. The Morgan fingerprint density at radius 1 is 0.871 bits per heavy atom. The number of rotatable bonds is 7. The minimum absolute atomic E-state index is 0.168. The van der Waals surface area contributed by atoms with Crippen molar-refractivity contribution in [2.75, 3.05) is 6.61 Å². The van der Waals surface area contributed by atoms with E-state index >= 15 is 0 Å². The molecule has 0 fully saturated rings.